The van der Waals surface area contributed by atoms with Crippen molar-refractivity contribution in [2.75, 3.05) is 5.73 Å². The van der Waals surface area contributed by atoms with Gasteiger partial charge in [0.25, 0.3) is 0 Å². The average molecular weight is 329 g/mol. The molecule has 0 atom stereocenters. The second-order valence-electron chi connectivity index (χ2n) is 4.07. The number of alkyl halides is 3. The van der Waals surface area contributed by atoms with E-state index in [9.17, 15) is 0 Å². The number of nitrogens with zero attached hydrogens (tertiary/aromatic N) is 4. The van der Waals surface area contributed by atoms with Crippen LogP contribution in [-0.4, -0.2) is 19.6 Å². The minimum absolute atomic E-state index is 0.0262. The highest BCUT2D eigenvalue weighted by molar-refractivity contribution is 6.66. The SMILES string of the molecule is Nc1nc(C(Cl)(Cl)Cl)n2nc(-c3ccccc3)cc2n1. The summed E-state index contributed by atoms with van der Waals surface area (Å²) in [5.41, 5.74) is 7.72. The molecule has 20 heavy (non-hydrogen) atoms. The maximum atomic E-state index is 5.89. The van der Waals surface area contributed by atoms with Gasteiger partial charge in [-0.15, -0.1) is 0 Å². The van der Waals surface area contributed by atoms with Crippen LogP contribution in [0.25, 0.3) is 16.9 Å². The summed E-state index contributed by atoms with van der Waals surface area (Å²) < 4.78 is -0.360. The van der Waals surface area contributed by atoms with Crippen molar-refractivity contribution in [2.45, 2.75) is 3.79 Å². The highest BCUT2D eigenvalue weighted by atomic mass is 35.6. The number of anilines is 1. The van der Waals surface area contributed by atoms with Crippen molar-refractivity contribution in [1.29, 1.82) is 0 Å². The van der Waals surface area contributed by atoms with E-state index in [-0.39, 0.29) is 11.8 Å². The van der Waals surface area contributed by atoms with Crippen LogP contribution in [0.15, 0.2) is 36.4 Å². The Bertz CT molecular complexity index is 764. The van der Waals surface area contributed by atoms with E-state index in [1.165, 1.54) is 4.52 Å². The summed E-state index contributed by atoms with van der Waals surface area (Å²) in [5.74, 6) is 0.130. The van der Waals surface area contributed by atoms with Crippen LogP contribution in [-0.2, 0) is 3.79 Å². The zero-order valence-corrected chi connectivity index (χ0v) is 12.2. The topological polar surface area (TPSA) is 69.1 Å². The molecule has 1 aromatic carbocycles. The number of fused-ring (bicyclic) bond motifs is 1. The summed E-state index contributed by atoms with van der Waals surface area (Å²) in [7, 11) is 0. The first-order valence-electron chi connectivity index (χ1n) is 5.61. The van der Waals surface area contributed by atoms with E-state index in [1.807, 2.05) is 30.3 Å². The van der Waals surface area contributed by atoms with Crippen LogP contribution >= 0.6 is 34.8 Å². The maximum Gasteiger partial charge on any atom is 0.250 e. The Labute approximate surface area is 129 Å². The summed E-state index contributed by atoms with van der Waals surface area (Å²) in [6, 6.07) is 11.3. The van der Waals surface area contributed by atoms with Gasteiger partial charge in [-0.25, -0.2) is 0 Å². The number of benzene rings is 1. The molecule has 3 aromatic rings. The second-order valence-corrected chi connectivity index (χ2v) is 6.35. The van der Waals surface area contributed by atoms with Crippen LogP contribution in [0.2, 0.25) is 0 Å². The van der Waals surface area contributed by atoms with Gasteiger partial charge in [0.05, 0.1) is 5.69 Å². The largest absolute Gasteiger partial charge is 0.368 e. The molecular weight excluding hydrogens is 321 g/mol. The Hall–Kier alpha value is -1.56. The number of hydrogen-bond acceptors (Lipinski definition) is 4. The van der Waals surface area contributed by atoms with Gasteiger partial charge >= 0.3 is 0 Å². The number of rotatable bonds is 1. The number of hydrogen-bond donors (Lipinski definition) is 1. The lowest BCUT2D eigenvalue weighted by Crippen LogP contribution is -2.15. The lowest BCUT2D eigenvalue weighted by atomic mass is 10.2. The fourth-order valence-corrected chi connectivity index (χ4v) is 2.21. The molecule has 2 heterocycles. The van der Waals surface area contributed by atoms with E-state index in [2.05, 4.69) is 15.1 Å². The summed E-state index contributed by atoms with van der Waals surface area (Å²) in [5, 5.41) is 4.37. The molecular formula is C12H8Cl3N5. The third-order valence-corrected chi connectivity index (χ3v) is 3.17. The molecule has 0 spiro atoms. The van der Waals surface area contributed by atoms with E-state index in [0.717, 1.165) is 5.56 Å². The number of nitrogens with two attached hydrogens (primary N) is 1. The van der Waals surface area contributed by atoms with Crippen LogP contribution in [0.1, 0.15) is 5.82 Å². The van der Waals surface area contributed by atoms with E-state index >= 15 is 0 Å². The zero-order chi connectivity index (χ0) is 14.3. The van der Waals surface area contributed by atoms with Crippen molar-refractivity contribution in [3.63, 3.8) is 0 Å². The highest BCUT2D eigenvalue weighted by Crippen LogP contribution is 2.37. The Kier molecular flexibility index (Phi) is 3.20. The van der Waals surface area contributed by atoms with E-state index in [0.29, 0.717) is 11.3 Å². The average Bonchev–Trinajstić information content (AvgIpc) is 2.81. The van der Waals surface area contributed by atoms with Gasteiger partial charge in [0.15, 0.2) is 11.5 Å². The molecule has 2 aromatic heterocycles. The summed E-state index contributed by atoms with van der Waals surface area (Å²) >= 11 is 17.7. The van der Waals surface area contributed by atoms with Crippen LogP contribution in [0.5, 0.6) is 0 Å². The smallest absolute Gasteiger partial charge is 0.250 e. The predicted octanol–water partition coefficient (Wildman–Crippen LogP) is 3.20. The van der Waals surface area contributed by atoms with Gasteiger partial charge in [-0.1, -0.05) is 65.1 Å². The first-order chi connectivity index (χ1) is 9.45. The first kappa shape index (κ1) is 13.4. The molecule has 0 aliphatic rings. The molecule has 102 valence electrons. The molecule has 0 radical (unpaired) electrons. The number of nitrogen functional groups attached to an aromatic ring is 1. The van der Waals surface area contributed by atoms with Crippen molar-refractivity contribution >= 4 is 46.4 Å². The molecule has 0 saturated heterocycles. The fraction of sp³-hybridized carbons (Fsp3) is 0.0833. The van der Waals surface area contributed by atoms with E-state index in [4.69, 9.17) is 40.5 Å². The molecule has 0 aliphatic carbocycles. The van der Waals surface area contributed by atoms with Gasteiger partial charge in [-0.2, -0.15) is 19.6 Å². The highest BCUT2D eigenvalue weighted by Gasteiger charge is 2.30. The fourth-order valence-electron chi connectivity index (χ4n) is 1.84. The standard InChI is InChI=1S/C12H8Cl3N5/c13-12(14,15)10-18-11(16)17-9-6-8(19-20(9)10)7-4-2-1-3-5-7/h1-6H,(H2,16,17). The van der Waals surface area contributed by atoms with E-state index < -0.39 is 3.79 Å². The monoisotopic (exact) mass is 327 g/mol. The van der Waals surface area contributed by atoms with Crippen molar-refractivity contribution < 1.29 is 0 Å². The molecule has 0 amide bonds. The molecule has 5 nitrogen and oxygen atoms in total. The van der Waals surface area contributed by atoms with Gasteiger partial charge < -0.3 is 5.73 Å². The van der Waals surface area contributed by atoms with Crippen LogP contribution in [0, 0.1) is 0 Å². The van der Waals surface area contributed by atoms with Gasteiger partial charge in [0.2, 0.25) is 9.74 Å². The summed E-state index contributed by atoms with van der Waals surface area (Å²) in [6.45, 7) is 0. The first-order valence-corrected chi connectivity index (χ1v) is 6.74. The molecule has 0 bridgehead atoms. The van der Waals surface area contributed by atoms with Crippen molar-refractivity contribution in [2.24, 2.45) is 0 Å². The number of halogens is 3. The van der Waals surface area contributed by atoms with Gasteiger partial charge in [-0.05, 0) is 0 Å². The maximum absolute atomic E-state index is 5.89. The molecule has 2 N–H and O–H groups in total. The Balaban J connectivity index is 2.26. The number of aromatic nitrogens is 4. The van der Waals surface area contributed by atoms with Crippen LogP contribution < -0.4 is 5.73 Å². The lowest BCUT2D eigenvalue weighted by Gasteiger charge is -2.11. The minimum atomic E-state index is -1.74. The van der Waals surface area contributed by atoms with E-state index in [1.54, 1.807) is 6.07 Å². The third kappa shape index (κ3) is 2.40. The van der Waals surface area contributed by atoms with Gasteiger partial charge in [0, 0.05) is 11.6 Å². The lowest BCUT2D eigenvalue weighted by molar-refractivity contribution is 0.808. The van der Waals surface area contributed by atoms with Crippen molar-refractivity contribution in [3.8, 4) is 11.3 Å². The second kappa shape index (κ2) is 4.77. The Morgan fingerprint density at radius 2 is 1.75 bits per heavy atom. The minimum Gasteiger partial charge on any atom is -0.368 e. The molecule has 0 fully saturated rings. The van der Waals surface area contributed by atoms with Gasteiger partial charge in [0.1, 0.15) is 0 Å². The predicted molar refractivity (Wildman–Crippen MR) is 79.9 cm³/mol. The van der Waals surface area contributed by atoms with Crippen molar-refractivity contribution in [1.82, 2.24) is 19.6 Å². The summed E-state index contributed by atoms with van der Waals surface area (Å²) in [4.78, 5) is 8.04. The quantitative estimate of drug-likeness (QED) is 0.696. The zero-order valence-electron chi connectivity index (χ0n) is 9.96. The Morgan fingerprint density at radius 3 is 2.40 bits per heavy atom. The van der Waals surface area contributed by atoms with Crippen LogP contribution in [0.4, 0.5) is 5.95 Å². The third-order valence-electron chi connectivity index (χ3n) is 2.66. The Morgan fingerprint density at radius 1 is 1.05 bits per heavy atom. The normalized spacial score (nSPS) is 11.9. The molecule has 8 heteroatoms. The molecule has 0 unspecified atom stereocenters. The van der Waals surface area contributed by atoms with Crippen LogP contribution in [0.3, 0.4) is 0 Å². The van der Waals surface area contributed by atoms with Crippen molar-refractivity contribution in [3.05, 3.63) is 42.2 Å². The molecule has 0 saturated carbocycles. The summed E-state index contributed by atoms with van der Waals surface area (Å²) in [6.07, 6.45) is 0. The van der Waals surface area contributed by atoms with Gasteiger partial charge in [-0.3, -0.25) is 0 Å². The molecule has 0 aliphatic heterocycles. The molecule has 3 rings (SSSR count).